The highest BCUT2D eigenvalue weighted by molar-refractivity contribution is 6.62. The molecular formula is C14H18BFO5. The maximum Gasteiger partial charge on any atom is 0.495 e. The fraction of sp³-hybridized carbons (Fsp3) is 0.500. The molecule has 2 rings (SSSR count). The van der Waals surface area contributed by atoms with E-state index in [0.717, 1.165) is 0 Å². The van der Waals surface area contributed by atoms with Gasteiger partial charge in [-0.25, -0.2) is 9.18 Å². The molecular weight excluding hydrogens is 278 g/mol. The molecule has 0 unspecified atom stereocenters. The zero-order valence-corrected chi connectivity index (χ0v) is 12.7. The molecule has 0 atom stereocenters. The van der Waals surface area contributed by atoms with Crippen molar-refractivity contribution in [2.24, 2.45) is 0 Å². The fourth-order valence-corrected chi connectivity index (χ4v) is 2.13. The van der Waals surface area contributed by atoms with Crippen molar-refractivity contribution in [1.29, 1.82) is 0 Å². The van der Waals surface area contributed by atoms with Gasteiger partial charge < -0.3 is 19.5 Å². The Morgan fingerprint density at radius 3 is 2.14 bits per heavy atom. The predicted molar refractivity (Wildman–Crippen MR) is 75.5 cm³/mol. The van der Waals surface area contributed by atoms with Crippen LogP contribution in [0.5, 0.6) is 5.75 Å². The SMILES string of the molecule is Cc1c(B2OC(C)(C)C(C)(C)O2)cc(C(=O)O)c(O)c1F. The van der Waals surface area contributed by atoms with Crippen molar-refractivity contribution in [3.05, 3.63) is 23.0 Å². The fourth-order valence-electron chi connectivity index (χ4n) is 2.13. The Hall–Kier alpha value is -1.60. The van der Waals surface area contributed by atoms with Gasteiger partial charge in [0.2, 0.25) is 0 Å². The lowest BCUT2D eigenvalue weighted by Crippen LogP contribution is -2.41. The van der Waals surface area contributed by atoms with Crippen molar-refractivity contribution in [1.82, 2.24) is 0 Å². The summed E-state index contributed by atoms with van der Waals surface area (Å²) in [6, 6.07) is 1.19. The second kappa shape index (κ2) is 4.71. The third kappa shape index (κ3) is 2.40. The van der Waals surface area contributed by atoms with Crippen LogP contribution in [-0.4, -0.2) is 34.5 Å². The number of aromatic hydroxyl groups is 1. The van der Waals surface area contributed by atoms with Crippen molar-refractivity contribution in [2.45, 2.75) is 45.8 Å². The molecule has 1 fully saturated rings. The van der Waals surface area contributed by atoms with E-state index in [-0.39, 0.29) is 11.0 Å². The van der Waals surface area contributed by atoms with Gasteiger partial charge in [-0.05, 0) is 51.7 Å². The molecule has 0 aliphatic carbocycles. The van der Waals surface area contributed by atoms with Crippen LogP contribution in [-0.2, 0) is 9.31 Å². The minimum Gasteiger partial charge on any atom is -0.504 e. The standard InChI is InChI=1S/C14H18BFO5/c1-7-9(6-8(12(18)19)11(17)10(7)16)15-20-13(2,3)14(4,5)21-15/h6,17H,1-5H3,(H,18,19). The summed E-state index contributed by atoms with van der Waals surface area (Å²) in [5.74, 6) is -3.26. The van der Waals surface area contributed by atoms with Gasteiger partial charge in [-0.2, -0.15) is 0 Å². The van der Waals surface area contributed by atoms with Crippen molar-refractivity contribution in [2.75, 3.05) is 0 Å². The van der Waals surface area contributed by atoms with E-state index in [1.165, 1.54) is 13.0 Å². The molecule has 7 heteroatoms. The van der Waals surface area contributed by atoms with Gasteiger partial charge in [0, 0.05) is 0 Å². The highest BCUT2D eigenvalue weighted by atomic mass is 19.1. The summed E-state index contributed by atoms with van der Waals surface area (Å²) in [5.41, 5.74) is -1.39. The van der Waals surface area contributed by atoms with Crippen LogP contribution in [0.1, 0.15) is 43.6 Å². The number of phenols is 1. The molecule has 0 amide bonds. The number of aromatic carboxylic acids is 1. The Labute approximate surface area is 122 Å². The highest BCUT2D eigenvalue weighted by Gasteiger charge is 2.52. The van der Waals surface area contributed by atoms with Crippen molar-refractivity contribution >= 4 is 18.6 Å². The summed E-state index contributed by atoms with van der Waals surface area (Å²) in [6.07, 6.45) is 0. The molecule has 114 valence electrons. The Kier molecular flexibility index (Phi) is 3.54. The quantitative estimate of drug-likeness (QED) is 0.814. The van der Waals surface area contributed by atoms with E-state index >= 15 is 0 Å². The van der Waals surface area contributed by atoms with Gasteiger partial charge in [0.05, 0.1) is 11.2 Å². The van der Waals surface area contributed by atoms with Crippen LogP contribution in [0.2, 0.25) is 0 Å². The molecule has 1 aromatic rings. The Morgan fingerprint density at radius 1 is 1.24 bits per heavy atom. The zero-order valence-electron chi connectivity index (χ0n) is 12.7. The molecule has 2 N–H and O–H groups in total. The van der Waals surface area contributed by atoms with Crippen molar-refractivity contribution < 1.29 is 28.7 Å². The van der Waals surface area contributed by atoms with E-state index in [4.69, 9.17) is 14.4 Å². The second-order valence-corrected chi connectivity index (χ2v) is 6.19. The lowest BCUT2D eigenvalue weighted by molar-refractivity contribution is 0.00578. The van der Waals surface area contributed by atoms with Crippen LogP contribution in [0.4, 0.5) is 4.39 Å². The number of carboxylic acid groups (broad SMARTS) is 1. The van der Waals surface area contributed by atoms with Crippen molar-refractivity contribution in [3.8, 4) is 5.75 Å². The minimum absolute atomic E-state index is 0.107. The maximum atomic E-state index is 14.0. The molecule has 0 saturated carbocycles. The van der Waals surface area contributed by atoms with Gasteiger partial charge in [-0.3, -0.25) is 0 Å². The third-order valence-corrected chi connectivity index (χ3v) is 4.26. The summed E-state index contributed by atoms with van der Waals surface area (Å²) in [6.45, 7) is 8.82. The van der Waals surface area contributed by atoms with Crippen LogP contribution >= 0.6 is 0 Å². The van der Waals surface area contributed by atoms with Crippen LogP contribution in [0.3, 0.4) is 0 Å². The van der Waals surface area contributed by atoms with Gasteiger partial charge in [-0.15, -0.1) is 0 Å². The number of hydrogen-bond acceptors (Lipinski definition) is 4. The van der Waals surface area contributed by atoms with Crippen LogP contribution < -0.4 is 5.46 Å². The lowest BCUT2D eigenvalue weighted by atomic mass is 9.75. The number of rotatable bonds is 2. The first kappa shape index (κ1) is 15.8. The van der Waals surface area contributed by atoms with Crippen molar-refractivity contribution in [3.63, 3.8) is 0 Å². The summed E-state index contributed by atoms with van der Waals surface area (Å²) in [5, 5.41) is 18.6. The molecule has 0 aromatic heterocycles. The topological polar surface area (TPSA) is 76.0 Å². The molecule has 1 aromatic carbocycles. The number of benzene rings is 1. The monoisotopic (exact) mass is 296 g/mol. The first-order chi connectivity index (χ1) is 9.48. The molecule has 1 aliphatic heterocycles. The van der Waals surface area contributed by atoms with E-state index in [1.807, 2.05) is 27.7 Å². The van der Waals surface area contributed by atoms with E-state index in [1.54, 1.807) is 0 Å². The summed E-state index contributed by atoms with van der Waals surface area (Å²) >= 11 is 0. The molecule has 1 heterocycles. The van der Waals surface area contributed by atoms with E-state index < -0.39 is 41.4 Å². The van der Waals surface area contributed by atoms with E-state index in [2.05, 4.69) is 0 Å². The Morgan fingerprint density at radius 2 is 1.71 bits per heavy atom. The van der Waals surface area contributed by atoms with Gasteiger partial charge in [0.15, 0.2) is 11.6 Å². The Balaban J connectivity index is 2.54. The van der Waals surface area contributed by atoms with E-state index in [9.17, 15) is 14.3 Å². The highest BCUT2D eigenvalue weighted by Crippen LogP contribution is 2.37. The van der Waals surface area contributed by atoms with Gasteiger partial charge in [0.1, 0.15) is 5.56 Å². The van der Waals surface area contributed by atoms with Gasteiger partial charge in [-0.1, -0.05) is 0 Å². The average molecular weight is 296 g/mol. The van der Waals surface area contributed by atoms with E-state index in [0.29, 0.717) is 0 Å². The van der Waals surface area contributed by atoms with Gasteiger partial charge in [0.25, 0.3) is 0 Å². The normalized spacial score (nSPS) is 19.8. The number of carbonyl (C=O) groups is 1. The summed E-state index contributed by atoms with van der Waals surface area (Å²) in [7, 11) is -0.886. The molecule has 1 aliphatic rings. The second-order valence-electron chi connectivity index (χ2n) is 6.19. The number of hydrogen-bond donors (Lipinski definition) is 2. The predicted octanol–water partition coefficient (Wildman–Crippen LogP) is 1.84. The first-order valence-corrected chi connectivity index (χ1v) is 6.59. The smallest absolute Gasteiger partial charge is 0.495 e. The first-order valence-electron chi connectivity index (χ1n) is 6.59. The van der Waals surface area contributed by atoms with Gasteiger partial charge >= 0.3 is 13.1 Å². The summed E-state index contributed by atoms with van der Waals surface area (Å²) < 4.78 is 25.6. The molecule has 0 bridgehead atoms. The number of halogens is 1. The van der Waals surface area contributed by atoms with Crippen LogP contribution in [0.25, 0.3) is 0 Å². The lowest BCUT2D eigenvalue weighted by Gasteiger charge is -2.32. The molecule has 21 heavy (non-hydrogen) atoms. The molecule has 0 spiro atoms. The van der Waals surface area contributed by atoms with Crippen LogP contribution in [0, 0.1) is 12.7 Å². The minimum atomic E-state index is -1.41. The largest absolute Gasteiger partial charge is 0.504 e. The summed E-state index contributed by atoms with van der Waals surface area (Å²) in [4.78, 5) is 11.1. The molecule has 1 saturated heterocycles. The molecule has 0 radical (unpaired) electrons. The molecule has 5 nitrogen and oxygen atoms in total. The Bertz CT molecular complexity index is 596. The van der Waals surface area contributed by atoms with Crippen LogP contribution in [0.15, 0.2) is 6.07 Å². The zero-order chi connectivity index (χ0) is 16.2. The average Bonchev–Trinajstić information content (AvgIpc) is 2.55. The maximum absolute atomic E-state index is 14.0. The number of carboxylic acids is 1. The third-order valence-electron chi connectivity index (χ3n) is 4.26.